The highest BCUT2D eigenvalue weighted by Gasteiger charge is 2.20. The molecule has 0 radical (unpaired) electrons. The SMILES string of the molecule is Cc1ccc(N(CCC#N)C(=O)c2nccc3ccccc23)cc1. The molecule has 0 unspecified atom stereocenters. The average Bonchev–Trinajstić information content (AvgIpc) is 2.62. The Hall–Kier alpha value is -3.19. The summed E-state index contributed by atoms with van der Waals surface area (Å²) in [7, 11) is 0. The molecule has 2 aromatic carbocycles. The molecular weight excluding hydrogens is 298 g/mol. The first kappa shape index (κ1) is 15.7. The Bertz CT molecular complexity index is 905. The van der Waals surface area contributed by atoms with Gasteiger partial charge in [-0.15, -0.1) is 0 Å². The van der Waals surface area contributed by atoms with Gasteiger partial charge in [0.15, 0.2) is 0 Å². The summed E-state index contributed by atoms with van der Waals surface area (Å²) in [5, 5.41) is 10.7. The molecular formula is C20H17N3O. The van der Waals surface area contributed by atoms with E-state index in [1.165, 1.54) is 0 Å². The number of fused-ring (bicyclic) bond motifs is 1. The molecule has 0 N–H and O–H groups in total. The van der Waals surface area contributed by atoms with Crippen LogP contribution >= 0.6 is 0 Å². The van der Waals surface area contributed by atoms with E-state index >= 15 is 0 Å². The van der Waals surface area contributed by atoms with Crippen LogP contribution in [-0.2, 0) is 0 Å². The molecule has 0 aliphatic heterocycles. The van der Waals surface area contributed by atoms with E-state index in [0.717, 1.165) is 22.0 Å². The maximum absolute atomic E-state index is 13.1. The Morgan fingerprint density at radius 1 is 1.12 bits per heavy atom. The first-order valence-corrected chi connectivity index (χ1v) is 7.80. The fourth-order valence-corrected chi connectivity index (χ4v) is 2.65. The lowest BCUT2D eigenvalue weighted by Gasteiger charge is -2.22. The number of carbonyl (C=O) groups excluding carboxylic acids is 1. The number of carbonyl (C=O) groups is 1. The normalized spacial score (nSPS) is 10.3. The van der Waals surface area contributed by atoms with E-state index in [1.54, 1.807) is 11.1 Å². The summed E-state index contributed by atoms with van der Waals surface area (Å²) in [6.07, 6.45) is 1.91. The van der Waals surface area contributed by atoms with Crippen molar-refractivity contribution < 1.29 is 4.79 Å². The lowest BCUT2D eigenvalue weighted by molar-refractivity contribution is 0.0984. The number of nitrogens with zero attached hydrogens (tertiary/aromatic N) is 3. The molecule has 0 saturated carbocycles. The number of anilines is 1. The van der Waals surface area contributed by atoms with Gasteiger partial charge in [-0.2, -0.15) is 5.26 Å². The van der Waals surface area contributed by atoms with Crippen molar-refractivity contribution in [2.45, 2.75) is 13.3 Å². The van der Waals surface area contributed by atoms with E-state index in [-0.39, 0.29) is 12.3 Å². The van der Waals surface area contributed by atoms with Crippen LogP contribution in [0.2, 0.25) is 0 Å². The number of benzene rings is 2. The average molecular weight is 315 g/mol. The molecule has 0 aliphatic rings. The molecule has 1 aromatic heterocycles. The standard InChI is InChI=1S/C20H17N3O/c1-15-7-9-17(10-8-15)23(14-4-12-21)20(24)19-18-6-3-2-5-16(18)11-13-22-19/h2-3,5-11,13H,4,14H2,1H3. The van der Waals surface area contributed by atoms with E-state index in [2.05, 4.69) is 11.1 Å². The van der Waals surface area contributed by atoms with Gasteiger partial charge in [0.25, 0.3) is 5.91 Å². The molecule has 0 fully saturated rings. The van der Waals surface area contributed by atoms with Crippen molar-refractivity contribution in [1.82, 2.24) is 4.98 Å². The van der Waals surface area contributed by atoms with Crippen molar-refractivity contribution in [3.05, 3.63) is 72.1 Å². The summed E-state index contributed by atoms with van der Waals surface area (Å²) >= 11 is 0. The van der Waals surface area contributed by atoms with Crippen LogP contribution in [0.1, 0.15) is 22.5 Å². The molecule has 1 amide bonds. The third-order valence-electron chi connectivity index (χ3n) is 3.91. The smallest absolute Gasteiger partial charge is 0.277 e. The van der Waals surface area contributed by atoms with Gasteiger partial charge in [0.2, 0.25) is 0 Å². The van der Waals surface area contributed by atoms with Gasteiger partial charge >= 0.3 is 0 Å². The number of nitriles is 1. The number of aromatic nitrogens is 1. The zero-order chi connectivity index (χ0) is 16.9. The maximum atomic E-state index is 13.1. The lowest BCUT2D eigenvalue weighted by Crippen LogP contribution is -2.32. The van der Waals surface area contributed by atoms with Gasteiger partial charge in [-0.05, 0) is 30.5 Å². The summed E-state index contributed by atoms with van der Waals surface area (Å²) in [4.78, 5) is 19.0. The van der Waals surface area contributed by atoms with E-state index in [1.807, 2.05) is 61.5 Å². The van der Waals surface area contributed by atoms with Gasteiger partial charge in [-0.25, -0.2) is 0 Å². The molecule has 0 bridgehead atoms. The van der Waals surface area contributed by atoms with Crippen LogP contribution < -0.4 is 4.90 Å². The maximum Gasteiger partial charge on any atom is 0.277 e. The lowest BCUT2D eigenvalue weighted by atomic mass is 10.1. The summed E-state index contributed by atoms with van der Waals surface area (Å²) in [5.41, 5.74) is 2.30. The fourth-order valence-electron chi connectivity index (χ4n) is 2.65. The van der Waals surface area contributed by atoms with Gasteiger partial charge in [-0.1, -0.05) is 42.0 Å². The number of hydrogen-bond acceptors (Lipinski definition) is 3. The zero-order valence-electron chi connectivity index (χ0n) is 13.4. The Labute approximate surface area is 141 Å². The predicted octanol–water partition coefficient (Wildman–Crippen LogP) is 4.10. The highest BCUT2D eigenvalue weighted by Crippen LogP contribution is 2.22. The second-order valence-electron chi connectivity index (χ2n) is 5.58. The van der Waals surface area contributed by atoms with E-state index < -0.39 is 0 Å². The second kappa shape index (κ2) is 6.93. The quantitative estimate of drug-likeness (QED) is 0.728. The Morgan fingerprint density at radius 3 is 2.62 bits per heavy atom. The van der Waals surface area contributed by atoms with Crippen LogP contribution in [0.3, 0.4) is 0 Å². The highest BCUT2D eigenvalue weighted by molar-refractivity contribution is 6.12. The van der Waals surface area contributed by atoms with E-state index in [9.17, 15) is 4.79 Å². The minimum Gasteiger partial charge on any atom is -0.306 e. The summed E-state index contributed by atoms with van der Waals surface area (Å²) in [6, 6.07) is 19.4. The van der Waals surface area contributed by atoms with Crippen molar-refractivity contribution in [2.75, 3.05) is 11.4 Å². The molecule has 3 rings (SSSR count). The van der Waals surface area contributed by atoms with Gasteiger partial charge in [0.05, 0.1) is 12.5 Å². The Morgan fingerprint density at radius 2 is 1.88 bits per heavy atom. The van der Waals surface area contributed by atoms with Crippen molar-refractivity contribution >= 4 is 22.4 Å². The largest absolute Gasteiger partial charge is 0.306 e. The Kier molecular flexibility index (Phi) is 4.53. The predicted molar refractivity (Wildman–Crippen MR) is 94.8 cm³/mol. The van der Waals surface area contributed by atoms with Crippen LogP contribution in [0, 0.1) is 18.3 Å². The van der Waals surface area contributed by atoms with E-state index in [4.69, 9.17) is 5.26 Å². The van der Waals surface area contributed by atoms with Crippen molar-refractivity contribution in [3.63, 3.8) is 0 Å². The zero-order valence-corrected chi connectivity index (χ0v) is 13.4. The minimum absolute atomic E-state index is 0.189. The Balaban J connectivity index is 2.05. The summed E-state index contributed by atoms with van der Waals surface area (Å²) in [6.45, 7) is 2.33. The summed E-state index contributed by atoms with van der Waals surface area (Å²) in [5.74, 6) is -0.189. The molecule has 4 heteroatoms. The second-order valence-corrected chi connectivity index (χ2v) is 5.58. The number of amides is 1. The topological polar surface area (TPSA) is 57.0 Å². The first-order chi connectivity index (χ1) is 11.7. The van der Waals surface area contributed by atoms with Crippen molar-refractivity contribution in [3.8, 4) is 6.07 Å². The molecule has 0 aliphatic carbocycles. The van der Waals surface area contributed by atoms with Crippen molar-refractivity contribution in [2.24, 2.45) is 0 Å². The van der Waals surface area contributed by atoms with Crippen LogP contribution in [-0.4, -0.2) is 17.4 Å². The van der Waals surface area contributed by atoms with Crippen LogP contribution in [0.15, 0.2) is 60.8 Å². The molecule has 24 heavy (non-hydrogen) atoms. The minimum atomic E-state index is -0.189. The molecule has 1 heterocycles. The number of hydrogen-bond donors (Lipinski definition) is 0. The van der Waals surface area contributed by atoms with Crippen LogP contribution in [0.25, 0.3) is 10.8 Å². The molecule has 3 aromatic rings. The number of rotatable bonds is 4. The summed E-state index contributed by atoms with van der Waals surface area (Å²) < 4.78 is 0. The molecule has 0 saturated heterocycles. The molecule has 4 nitrogen and oxygen atoms in total. The van der Waals surface area contributed by atoms with Gasteiger partial charge in [0, 0.05) is 23.8 Å². The number of pyridine rings is 1. The van der Waals surface area contributed by atoms with E-state index in [0.29, 0.717) is 12.2 Å². The molecule has 118 valence electrons. The van der Waals surface area contributed by atoms with Crippen LogP contribution in [0.4, 0.5) is 5.69 Å². The fraction of sp³-hybridized carbons (Fsp3) is 0.150. The van der Waals surface area contributed by atoms with Crippen molar-refractivity contribution in [1.29, 1.82) is 5.26 Å². The van der Waals surface area contributed by atoms with Gasteiger partial charge in [-0.3, -0.25) is 9.78 Å². The molecule has 0 atom stereocenters. The number of aryl methyl sites for hydroxylation is 1. The first-order valence-electron chi connectivity index (χ1n) is 7.80. The third-order valence-corrected chi connectivity index (χ3v) is 3.91. The molecule has 0 spiro atoms. The third kappa shape index (κ3) is 3.11. The van der Waals surface area contributed by atoms with Crippen LogP contribution in [0.5, 0.6) is 0 Å². The monoisotopic (exact) mass is 315 g/mol. The van der Waals surface area contributed by atoms with Gasteiger partial charge in [0.1, 0.15) is 5.69 Å². The highest BCUT2D eigenvalue weighted by atomic mass is 16.2. The van der Waals surface area contributed by atoms with Gasteiger partial charge < -0.3 is 4.90 Å².